The Morgan fingerprint density at radius 3 is 2.23 bits per heavy atom. The maximum atomic E-state index is 6.08. The minimum absolute atomic E-state index is 0.390. The van der Waals surface area contributed by atoms with Crippen molar-refractivity contribution < 1.29 is 4.74 Å². The molecule has 2 fully saturated rings. The minimum atomic E-state index is 0.390. The first kappa shape index (κ1) is 15.8. The molecule has 2 aliphatic heterocycles. The number of nitrogens with zero attached hydrogens (tertiary/aromatic N) is 1. The summed E-state index contributed by atoms with van der Waals surface area (Å²) in [7, 11) is 0. The number of ether oxygens (including phenoxy) is 1. The summed E-state index contributed by atoms with van der Waals surface area (Å²) in [5.41, 5.74) is 1.42. The molecule has 1 aromatic carbocycles. The fourth-order valence-electron chi connectivity index (χ4n) is 3.51. The third-order valence-corrected chi connectivity index (χ3v) is 4.87. The van der Waals surface area contributed by atoms with E-state index >= 15 is 0 Å². The van der Waals surface area contributed by atoms with Gasteiger partial charge >= 0.3 is 0 Å². The van der Waals surface area contributed by atoms with Crippen LogP contribution in [0.3, 0.4) is 0 Å². The molecular formula is C19H30N2O. The molecule has 2 heterocycles. The molecule has 2 saturated heterocycles. The minimum Gasteiger partial charge on any atom is -0.490 e. The lowest BCUT2D eigenvalue weighted by Crippen LogP contribution is -2.34. The number of likely N-dealkylation sites (tertiary alicyclic amines) is 1. The summed E-state index contributed by atoms with van der Waals surface area (Å²) >= 11 is 0. The van der Waals surface area contributed by atoms with Crippen LogP contribution in [0.1, 0.15) is 50.5 Å². The summed E-state index contributed by atoms with van der Waals surface area (Å²) in [5, 5.41) is 3.38. The molecule has 0 atom stereocenters. The first-order valence-corrected chi connectivity index (χ1v) is 9.09. The predicted octanol–water partition coefficient (Wildman–Crippen LogP) is 3.58. The second-order valence-electron chi connectivity index (χ2n) is 6.76. The van der Waals surface area contributed by atoms with E-state index in [1.54, 1.807) is 0 Å². The summed E-state index contributed by atoms with van der Waals surface area (Å²) in [6, 6.07) is 8.80. The third kappa shape index (κ3) is 4.99. The van der Waals surface area contributed by atoms with Crippen LogP contribution in [0.5, 0.6) is 5.75 Å². The molecule has 3 heteroatoms. The van der Waals surface area contributed by atoms with E-state index in [1.807, 2.05) is 0 Å². The third-order valence-electron chi connectivity index (χ3n) is 4.87. The zero-order chi connectivity index (χ0) is 15.0. The van der Waals surface area contributed by atoms with E-state index in [4.69, 9.17) is 4.74 Å². The average Bonchev–Trinajstić information content (AvgIpc) is 2.53. The van der Waals surface area contributed by atoms with Crippen LogP contribution in [0.4, 0.5) is 0 Å². The quantitative estimate of drug-likeness (QED) is 0.920. The Kier molecular flexibility index (Phi) is 6.14. The van der Waals surface area contributed by atoms with E-state index in [2.05, 4.69) is 34.5 Å². The Balaban J connectivity index is 1.49. The SMILES string of the molecule is c1cc(OC2CCNCC2)ccc1CN1CCCCCCC1. The molecule has 0 amide bonds. The molecule has 2 aliphatic rings. The highest BCUT2D eigenvalue weighted by Crippen LogP contribution is 2.19. The van der Waals surface area contributed by atoms with Gasteiger partial charge in [-0.15, -0.1) is 0 Å². The van der Waals surface area contributed by atoms with Crippen LogP contribution >= 0.6 is 0 Å². The number of piperidine rings is 1. The van der Waals surface area contributed by atoms with E-state index in [-0.39, 0.29) is 0 Å². The molecule has 0 unspecified atom stereocenters. The van der Waals surface area contributed by atoms with Gasteiger partial charge in [0.1, 0.15) is 11.9 Å². The summed E-state index contributed by atoms with van der Waals surface area (Å²) in [5.74, 6) is 1.03. The molecule has 0 radical (unpaired) electrons. The van der Waals surface area contributed by atoms with Gasteiger partial charge < -0.3 is 10.1 Å². The van der Waals surface area contributed by atoms with Gasteiger partial charge in [0.05, 0.1) is 0 Å². The van der Waals surface area contributed by atoms with Crippen molar-refractivity contribution in [2.75, 3.05) is 26.2 Å². The molecule has 0 saturated carbocycles. The van der Waals surface area contributed by atoms with Crippen LogP contribution in [-0.2, 0) is 6.54 Å². The van der Waals surface area contributed by atoms with Crippen LogP contribution in [0.2, 0.25) is 0 Å². The topological polar surface area (TPSA) is 24.5 Å². The first-order valence-electron chi connectivity index (χ1n) is 9.09. The Morgan fingerprint density at radius 1 is 0.909 bits per heavy atom. The second kappa shape index (κ2) is 8.54. The van der Waals surface area contributed by atoms with Gasteiger partial charge in [-0.1, -0.05) is 31.4 Å². The Bertz CT molecular complexity index is 418. The van der Waals surface area contributed by atoms with Crippen LogP contribution in [0.25, 0.3) is 0 Å². The first-order chi connectivity index (χ1) is 10.9. The summed E-state index contributed by atoms with van der Waals surface area (Å²) < 4.78 is 6.08. The van der Waals surface area contributed by atoms with Gasteiger partial charge in [0, 0.05) is 6.54 Å². The molecule has 22 heavy (non-hydrogen) atoms. The maximum Gasteiger partial charge on any atom is 0.119 e. The molecule has 122 valence electrons. The predicted molar refractivity (Wildman–Crippen MR) is 91.3 cm³/mol. The molecular weight excluding hydrogens is 272 g/mol. The second-order valence-corrected chi connectivity index (χ2v) is 6.76. The Labute approximate surface area is 135 Å². The average molecular weight is 302 g/mol. The van der Waals surface area contributed by atoms with Crippen LogP contribution < -0.4 is 10.1 Å². The van der Waals surface area contributed by atoms with Crippen molar-refractivity contribution in [2.24, 2.45) is 0 Å². The summed E-state index contributed by atoms with van der Waals surface area (Å²) in [6.07, 6.45) is 9.58. The lowest BCUT2D eigenvalue weighted by atomic mass is 10.1. The van der Waals surface area contributed by atoms with E-state index in [9.17, 15) is 0 Å². The monoisotopic (exact) mass is 302 g/mol. The van der Waals surface area contributed by atoms with Crippen molar-refractivity contribution in [3.63, 3.8) is 0 Å². The molecule has 1 N–H and O–H groups in total. The highest BCUT2D eigenvalue weighted by atomic mass is 16.5. The molecule has 1 aromatic rings. The fraction of sp³-hybridized carbons (Fsp3) is 0.684. The fourth-order valence-corrected chi connectivity index (χ4v) is 3.51. The van der Waals surface area contributed by atoms with Gasteiger partial charge in [-0.3, -0.25) is 4.90 Å². The zero-order valence-corrected chi connectivity index (χ0v) is 13.7. The summed E-state index contributed by atoms with van der Waals surface area (Å²) in [6.45, 7) is 5.77. The van der Waals surface area contributed by atoms with Crippen molar-refractivity contribution in [3.05, 3.63) is 29.8 Å². The number of hydrogen-bond acceptors (Lipinski definition) is 3. The van der Waals surface area contributed by atoms with Gasteiger partial charge in [0.2, 0.25) is 0 Å². The van der Waals surface area contributed by atoms with Gasteiger partial charge in [-0.05, 0) is 69.6 Å². The van der Waals surface area contributed by atoms with Gasteiger partial charge in [-0.2, -0.15) is 0 Å². The smallest absolute Gasteiger partial charge is 0.119 e. The highest BCUT2D eigenvalue weighted by Gasteiger charge is 2.14. The van der Waals surface area contributed by atoms with Crippen LogP contribution in [0, 0.1) is 0 Å². The van der Waals surface area contributed by atoms with Crippen molar-refractivity contribution in [2.45, 2.75) is 57.6 Å². The number of hydrogen-bond donors (Lipinski definition) is 1. The summed E-state index contributed by atoms with van der Waals surface area (Å²) in [4.78, 5) is 2.61. The molecule has 0 bridgehead atoms. The zero-order valence-electron chi connectivity index (χ0n) is 13.7. The van der Waals surface area contributed by atoms with E-state index < -0.39 is 0 Å². The van der Waals surface area contributed by atoms with Crippen LogP contribution in [0.15, 0.2) is 24.3 Å². The standard InChI is InChI=1S/C19H30N2O/c1-2-4-14-21(15-5-3-1)16-17-6-8-18(9-7-17)22-19-10-12-20-13-11-19/h6-9,19-20H,1-5,10-16H2. The van der Waals surface area contributed by atoms with Crippen molar-refractivity contribution >= 4 is 0 Å². The number of nitrogens with one attached hydrogen (secondary N) is 1. The Morgan fingerprint density at radius 2 is 1.55 bits per heavy atom. The molecule has 3 rings (SSSR count). The molecule has 0 aromatic heterocycles. The van der Waals surface area contributed by atoms with Crippen molar-refractivity contribution in [1.29, 1.82) is 0 Å². The van der Waals surface area contributed by atoms with Gasteiger partial charge in [-0.25, -0.2) is 0 Å². The molecule has 0 aliphatic carbocycles. The molecule has 3 nitrogen and oxygen atoms in total. The van der Waals surface area contributed by atoms with Gasteiger partial charge in [0.25, 0.3) is 0 Å². The number of benzene rings is 1. The maximum absolute atomic E-state index is 6.08. The van der Waals surface area contributed by atoms with Crippen molar-refractivity contribution in [1.82, 2.24) is 10.2 Å². The van der Waals surface area contributed by atoms with Crippen molar-refractivity contribution in [3.8, 4) is 5.75 Å². The van der Waals surface area contributed by atoms with Crippen LogP contribution in [-0.4, -0.2) is 37.2 Å². The highest BCUT2D eigenvalue weighted by molar-refractivity contribution is 5.27. The van der Waals surface area contributed by atoms with E-state index in [0.29, 0.717) is 6.10 Å². The van der Waals surface area contributed by atoms with E-state index in [0.717, 1.165) is 38.2 Å². The van der Waals surface area contributed by atoms with Gasteiger partial charge in [0.15, 0.2) is 0 Å². The lowest BCUT2D eigenvalue weighted by molar-refractivity contribution is 0.162. The largest absolute Gasteiger partial charge is 0.490 e. The number of rotatable bonds is 4. The Hall–Kier alpha value is -1.06. The molecule has 0 spiro atoms. The lowest BCUT2D eigenvalue weighted by Gasteiger charge is -2.25. The van der Waals surface area contributed by atoms with E-state index in [1.165, 1.54) is 50.8 Å². The normalized spacial score (nSPS) is 22.0.